The summed E-state index contributed by atoms with van der Waals surface area (Å²) in [5.41, 5.74) is 6.47. The molecule has 0 aliphatic carbocycles. The molecule has 0 bridgehead atoms. The Kier molecular flexibility index (Phi) is 3.58. The first-order valence-electron chi connectivity index (χ1n) is 4.72. The highest BCUT2D eigenvalue weighted by atomic mass is 32.2. The van der Waals surface area contributed by atoms with Gasteiger partial charge in [-0.15, -0.1) is 6.42 Å². The van der Waals surface area contributed by atoms with Crippen LogP contribution in [0.5, 0.6) is 0 Å². The average molecular weight is 238 g/mol. The molecule has 0 aliphatic heterocycles. The SMILES string of the molecule is C#CC(C)NS(=O)(=O)c1c(C)cccc1N. The van der Waals surface area contributed by atoms with E-state index < -0.39 is 16.1 Å². The van der Waals surface area contributed by atoms with Gasteiger partial charge in [0.25, 0.3) is 0 Å². The minimum absolute atomic E-state index is 0.0945. The van der Waals surface area contributed by atoms with Crippen LogP contribution in [0.15, 0.2) is 23.1 Å². The number of benzene rings is 1. The second kappa shape index (κ2) is 4.56. The molecule has 1 aromatic carbocycles. The molecule has 86 valence electrons. The van der Waals surface area contributed by atoms with E-state index in [-0.39, 0.29) is 10.6 Å². The second-order valence-corrected chi connectivity index (χ2v) is 5.15. The molecule has 1 unspecified atom stereocenters. The van der Waals surface area contributed by atoms with E-state index in [1.165, 1.54) is 0 Å². The quantitative estimate of drug-likeness (QED) is 0.606. The van der Waals surface area contributed by atoms with Crippen molar-refractivity contribution in [2.45, 2.75) is 24.8 Å². The molecule has 1 rings (SSSR count). The van der Waals surface area contributed by atoms with E-state index >= 15 is 0 Å². The molecule has 0 aliphatic rings. The number of terminal acetylenes is 1. The fourth-order valence-corrected chi connectivity index (χ4v) is 2.89. The summed E-state index contributed by atoms with van der Waals surface area (Å²) in [4.78, 5) is 0.0945. The van der Waals surface area contributed by atoms with Crippen LogP contribution in [0.2, 0.25) is 0 Å². The number of nitrogens with one attached hydrogen (secondary N) is 1. The Morgan fingerprint density at radius 1 is 1.50 bits per heavy atom. The molecule has 1 aromatic rings. The Balaban J connectivity index is 3.24. The Labute approximate surface area is 95.9 Å². The van der Waals surface area contributed by atoms with E-state index in [0.717, 1.165) is 0 Å². The molecule has 1 atom stereocenters. The molecule has 0 aromatic heterocycles. The van der Waals surface area contributed by atoms with Crippen LogP contribution < -0.4 is 10.5 Å². The molecule has 0 amide bonds. The van der Waals surface area contributed by atoms with Gasteiger partial charge in [-0.3, -0.25) is 0 Å². The minimum atomic E-state index is -3.65. The van der Waals surface area contributed by atoms with Gasteiger partial charge in [-0.2, -0.15) is 4.72 Å². The Morgan fingerprint density at radius 2 is 2.12 bits per heavy atom. The van der Waals surface area contributed by atoms with Gasteiger partial charge in [0.15, 0.2) is 0 Å². The van der Waals surface area contributed by atoms with Gasteiger partial charge in [0.05, 0.1) is 11.7 Å². The van der Waals surface area contributed by atoms with Crippen molar-refractivity contribution in [1.82, 2.24) is 4.72 Å². The van der Waals surface area contributed by atoms with E-state index in [1.54, 1.807) is 32.0 Å². The lowest BCUT2D eigenvalue weighted by atomic mass is 10.2. The van der Waals surface area contributed by atoms with Crippen LogP contribution in [-0.2, 0) is 10.0 Å². The van der Waals surface area contributed by atoms with Crippen LogP contribution in [0.25, 0.3) is 0 Å². The zero-order valence-electron chi connectivity index (χ0n) is 9.19. The van der Waals surface area contributed by atoms with Gasteiger partial charge in [-0.1, -0.05) is 18.1 Å². The third kappa shape index (κ3) is 2.54. The van der Waals surface area contributed by atoms with Crippen LogP contribution in [0, 0.1) is 19.3 Å². The van der Waals surface area contributed by atoms with Crippen LogP contribution in [0.4, 0.5) is 5.69 Å². The molecule has 0 saturated carbocycles. The van der Waals surface area contributed by atoms with Crippen LogP contribution in [0.3, 0.4) is 0 Å². The lowest BCUT2D eigenvalue weighted by Gasteiger charge is -2.13. The summed E-state index contributed by atoms with van der Waals surface area (Å²) in [7, 11) is -3.65. The molecule has 0 spiro atoms. The zero-order chi connectivity index (χ0) is 12.3. The highest BCUT2D eigenvalue weighted by Crippen LogP contribution is 2.22. The van der Waals surface area contributed by atoms with E-state index in [1.807, 2.05) is 0 Å². The summed E-state index contributed by atoms with van der Waals surface area (Å²) in [6, 6.07) is 4.37. The topological polar surface area (TPSA) is 72.2 Å². The maximum absolute atomic E-state index is 12.0. The lowest BCUT2D eigenvalue weighted by molar-refractivity contribution is 0.577. The van der Waals surface area contributed by atoms with Crippen molar-refractivity contribution in [1.29, 1.82) is 0 Å². The van der Waals surface area contributed by atoms with Crippen molar-refractivity contribution >= 4 is 15.7 Å². The molecule has 4 nitrogen and oxygen atoms in total. The van der Waals surface area contributed by atoms with Crippen molar-refractivity contribution in [2.75, 3.05) is 5.73 Å². The summed E-state index contributed by atoms with van der Waals surface area (Å²) in [5.74, 6) is 2.30. The smallest absolute Gasteiger partial charge is 0.243 e. The first-order valence-corrected chi connectivity index (χ1v) is 6.20. The fraction of sp³-hybridized carbons (Fsp3) is 0.273. The van der Waals surface area contributed by atoms with Gasteiger partial charge in [-0.25, -0.2) is 8.42 Å². The number of rotatable bonds is 3. The van der Waals surface area contributed by atoms with Crippen molar-refractivity contribution in [2.24, 2.45) is 0 Å². The second-order valence-electron chi connectivity index (χ2n) is 3.50. The van der Waals surface area contributed by atoms with Gasteiger partial charge in [0.1, 0.15) is 4.90 Å². The van der Waals surface area contributed by atoms with Crippen molar-refractivity contribution in [3.05, 3.63) is 23.8 Å². The average Bonchev–Trinajstić information content (AvgIpc) is 2.16. The van der Waals surface area contributed by atoms with Gasteiger partial charge < -0.3 is 5.73 Å². The molecular formula is C11H14N2O2S. The van der Waals surface area contributed by atoms with Crippen LogP contribution >= 0.6 is 0 Å². The normalized spacial score (nSPS) is 13.1. The Morgan fingerprint density at radius 3 is 2.62 bits per heavy atom. The molecular weight excluding hydrogens is 224 g/mol. The molecule has 0 heterocycles. The molecule has 5 heteroatoms. The number of hydrogen-bond donors (Lipinski definition) is 2. The summed E-state index contributed by atoms with van der Waals surface area (Å²) in [5, 5.41) is 0. The number of sulfonamides is 1. The van der Waals surface area contributed by atoms with Gasteiger partial charge in [0.2, 0.25) is 10.0 Å². The highest BCUT2D eigenvalue weighted by Gasteiger charge is 2.21. The van der Waals surface area contributed by atoms with Crippen molar-refractivity contribution in [3.8, 4) is 12.3 Å². The summed E-state index contributed by atoms with van der Waals surface area (Å²) in [6.07, 6.45) is 5.13. The van der Waals surface area contributed by atoms with E-state index in [4.69, 9.17) is 12.2 Å². The predicted octanol–water partition coefficient (Wildman–Crippen LogP) is 0.877. The predicted molar refractivity (Wildman–Crippen MR) is 64.2 cm³/mol. The monoisotopic (exact) mass is 238 g/mol. The van der Waals surface area contributed by atoms with Gasteiger partial charge >= 0.3 is 0 Å². The maximum atomic E-state index is 12.0. The standard InChI is InChI=1S/C11H14N2O2S/c1-4-9(3)13-16(14,15)11-8(2)6-5-7-10(11)12/h1,5-7,9,13H,12H2,2-3H3. The number of anilines is 1. The lowest BCUT2D eigenvalue weighted by Crippen LogP contribution is -2.32. The minimum Gasteiger partial charge on any atom is -0.398 e. The third-order valence-electron chi connectivity index (χ3n) is 2.09. The highest BCUT2D eigenvalue weighted by molar-refractivity contribution is 7.89. The summed E-state index contributed by atoms with van der Waals surface area (Å²) in [6.45, 7) is 3.28. The first-order chi connectivity index (χ1) is 7.38. The van der Waals surface area contributed by atoms with Crippen LogP contribution in [-0.4, -0.2) is 14.5 Å². The fourth-order valence-electron chi connectivity index (χ4n) is 1.37. The number of nitrogen functional groups attached to an aromatic ring is 1. The summed E-state index contributed by atoms with van der Waals surface area (Å²) < 4.78 is 26.3. The Hall–Kier alpha value is -1.51. The molecule has 3 N–H and O–H groups in total. The Bertz CT molecular complexity index is 509. The molecule has 0 radical (unpaired) electrons. The summed E-state index contributed by atoms with van der Waals surface area (Å²) >= 11 is 0. The zero-order valence-corrected chi connectivity index (χ0v) is 10.0. The van der Waals surface area contributed by atoms with Gasteiger partial charge in [0, 0.05) is 0 Å². The third-order valence-corrected chi connectivity index (χ3v) is 3.85. The largest absolute Gasteiger partial charge is 0.398 e. The van der Waals surface area contributed by atoms with Crippen molar-refractivity contribution in [3.63, 3.8) is 0 Å². The van der Waals surface area contributed by atoms with E-state index in [9.17, 15) is 8.42 Å². The molecule has 16 heavy (non-hydrogen) atoms. The number of hydrogen-bond acceptors (Lipinski definition) is 3. The number of nitrogens with two attached hydrogens (primary N) is 1. The van der Waals surface area contributed by atoms with E-state index in [0.29, 0.717) is 5.56 Å². The first kappa shape index (κ1) is 12.6. The van der Waals surface area contributed by atoms with Crippen molar-refractivity contribution < 1.29 is 8.42 Å². The number of aryl methyl sites for hydroxylation is 1. The molecule has 0 saturated heterocycles. The van der Waals surface area contributed by atoms with E-state index in [2.05, 4.69) is 10.6 Å². The molecule has 0 fully saturated rings. The van der Waals surface area contributed by atoms with Gasteiger partial charge in [-0.05, 0) is 25.5 Å². The van der Waals surface area contributed by atoms with Crippen LogP contribution in [0.1, 0.15) is 12.5 Å². The maximum Gasteiger partial charge on any atom is 0.243 e.